The molecule has 0 spiro atoms. The normalized spacial score (nSPS) is 11.2. The second kappa shape index (κ2) is 12.2. The van der Waals surface area contributed by atoms with Gasteiger partial charge in [-0.2, -0.15) is 5.10 Å². The molecule has 1 aromatic heterocycles. The summed E-state index contributed by atoms with van der Waals surface area (Å²) in [5, 5.41) is 13.5. The van der Waals surface area contributed by atoms with Crippen LogP contribution in [-0.2, 0) is 24.3 Å². The smallest absolute Gasteiger partial charge is 0.239 e. The van der Waals surface area contributed by atoms with Crippen molar-refractivity contribution in [1.29, 1.82) is 0 Å². The lowest BCUT2D eigenvalue weighted by Gasteiger charge is -2.13. The van der Waals surface area contributed by atoms with Crippen molar-refractivity contribution in [2.75, 3.05) is 19.6 Å². The van der Waals surface area contributed by atoms with Crippen molar-refractivity contribution in [2.24, 2.45) is 4.99 Å². The van der Waals surface area contributed by atoms with Gasteiger partial charge in [0, 0.05) is 25.5 Å². The summed E-state index contributed by atoms with van der Waals surface area (Å²) in [7, 11) is 0. The van der Waals surface area contributed by atoms with Crippen LogP contribution in [0.5, 0.6) is 0 Å². The summed E-state index contributed by atoms with van der Waals surface area (Å²) >= 11 is 0. The fraction of sp³-hybridized carbons (Fsp3) is 0.292. The number of carbonyl (C=O) groups excluding carboxylic acids is 1. The van der Waals surface area contributed by atoms with Crippen LogP contribution in [-0.4, -0.2) is 41.3 Å². The number of nitrogens with one attached hydrogen (secondary N) is 3. The van der Waals surface area contributed by atoms with Crippen molar-refractivity contribution in [3.8, 4) is 0 Å². The minimum atomic E-state index is -0.0550. The summed E-state index contributed by atoms with van der Waals surface area (Å²) in [5.74, 6) is 0.565. The van der Waals surface area contributed by atoms with E-state index in [4.69, 9.17) is 0 Å². The predicted octanol–water partition coefficient (Wildman–Crippen LogP) is 2.35. The molecule has 0 atom stereocenters. The quantitative estimate of drug-likeness (QED) is 0.349. The molecule has 0 saturated carbocycles. The third-order valence-electron chi connectivity index (χ3n) is 4.76. The lowest BCUT2D eigenvalue weighted by Crippen LogP contribution is -2.43. The molecule has 0 aliphatic carbocycles. The zero-order valence-corrected chi connectivity index (χ0v) is 17.9. The molecule has 31 heavy (non-hydrogen) atoms. The Balaban J connectivity index is 1.50. The fourth-order valence-electron chi connectivity index (χ4n) is 3.16. The van der Waals surface area contributed by atoms with Gasteiger partial charge in [-0.3, -0.25) is 9.48 Å². The molecular weight excluding hydrogens is 388 g/mol. The first-order chi connectivity index (χ1) is 15.2. The van der Waals surface area contributed by atoms with Gasteiger partial charge in [0.1, 0.15) is 0 Å². The summed E-state index contributed by atoms with van der Waals surface area (Å²) in [6.07, 6.45) is 4.54. The third kappa shape index (κ3) is 7.62. The number of aliphatic imine (C=N–C) groups is 1. The van der Waals surface area contributed by atoms with Crippen molar-refractivity contribution in [3.63, 3.8) is 0 Å². The van der Waals surface area contributed by atoms with Crippen molar-refractivity contribution in [1.82, 2.24) is 25.7 Å². The molecule has 162 valence electrons. The molecule has 3 N–H and O–H groups in total. The maximum atomic E-state index is 12.2. The molecule has 0 unspecified atom stereocenters. The van der Waals surface area contributed by atoms with E-state index in [0.717, 1.165) is 18.5 Å². The first kappa shape index (κ1) is 22.1. The summed E-state index contributed by atoms with van der Waals surface area (Å²) < 4.78 is 1.89. The molecule has 0 aliphatic rings. The molecule has 2 aromatic carbocycles. The van der Waals surface area contributed by atoms with Gasteiger partial charge in [-0.15, -0.1) is 0 Å². The first-order valence-corrected chi connectivity index (χ1v) is 10.6. The fourth-order valence-corrected chi connectivity index (χ4v) is 3.16. The van der Waals surface area contributed by atoms with Gasteiger partial charge in [0.25, 0.3) is 0 Å². The minimum absolute atomic E-state index is 0.0550. The molecule has 0 bridgehead atoms. The lowest BCUT2D eigenvalue weighted by molar-refractivity contribution is -0.119. The number of hydrogen-bond acceptors (Lipinski definition) is 3. The Morgan fingerprint density at radius 3 is 2.48 bits per heavy atom. The molecule has 0 radical (unpaired) electrons. The molecule has 3 aromatic rings. The van der Waals surface area contributed by atoms with E-state index >= 15 is 0 Å². The van der Waals surface area contributed by atoms with Gasteiger partial charge < -0.3 is 16.0 Å². The van der Waals surface area contributed by atoms with Crippen LogP contribution in [0.25, 0.3) is 0 Å². The molecule has 3 rings (SSSR count). The van der Waals surface area contributed by atoms with E-state index in [2.05, 4.69) is 50.3 Å². The van der Waals surface area contributed by atoms with Crippen molar-refractivity contribution >= 4 is 11.9 Å². The number of aromatic nitrogens is 2. The highest BCUT2D eigenvalue weighted by molar-refractivity contribution is 5.86. The highest BCUT2D eigenvalue weighted by atomic mass is 16.1. The third-order valence-corrected chi connectivity index (χ3v) is 4.76. The molecule has 0 fully saturated rings. The summed E-state index contributed by atoms with van der Waals surface area (Å²) in [6.45, 7) is 4.72. The predicted molar refractivity (Wildman–Crippen MR) is 124 cm³/mol. The van der Waals surface area contributed by atoms with Crippen molar-refractivity contribution in [3.05, 3.63) is 89.7 Å². The van der Waals surface area contributed by atoms with Gasteiger partial charge >= 0.3 is 0 Å². The molecule has 0 saturated heterocycles. The maximum Gasteiger partial charge on any atom is 0.239 e. The second-order valence-corrected chi connectivity index (χ2v) is 7.11. The molecule has 1 heterocycles. The van der Waals surface area contributed by atoms with Crippen LogP contribution in [0.15, 0.2) is 78.0 Å². The number of nitrogens with zero attached hydrogens (tertiary/aromatic N) is 3. The number of rotatable bonds is 10. The number of amides is 1. The lowest BCUT2D eigenvalue weighted by atomic mass is 10.1. The highest BCUT2D eigenvalue weighted by Gasteiger charge is 2.06. The summed E-state index contributed by atoms with van der Waals surface area (Å²) in [4.78, 5) is 16.8. The van der Waals surface area contributed by atoms with E-state index in [1.54, 1.807) is 6.20 Å². The zero-order chi connectivity index (χ0) is 21.7. The Morgan fingerprint density at radius 1 is 0.968 bits per heavy atom. The van der Waals surface area contributed by atoms with E-state index in [-0.39, 0.29) is 12.5 Å². The van der Waals surface area contributed by atoms with Crippen LogP contribution in [0.4, 0.5) is 0 Å². The SMILES string of the molecule is CCNC(=NCc1ccccc1Cn1cccn1)NCC(=O)NCCc1ccccc1. The maximum absolute atomic E-state index is 12.2. The van der Waals surface area contributed by atoms with Crippen LogP contribution in [0.1, 0.15) is 23.6 Å². The summed E-state index contributed by atoms with van der Waals surface area (Å²) in [5.41, 5.74) is 3.51. The van der Waals surface area contributed by atoms with E-state index in [1.165, 1.54) is 11.1 Å². The van der Waals surface area contributed by atoms with Crippen LogP contribution in [0.2, 0.25) is 0 Å². The monoisotopic (exact) mass is 418 g/mol. The van der Waals surface area contributed by atoms with Crippen LogP contribution in [0, 0.1) is 0 Å². The van der Waals surface area contributed by atoms with Gasteiger partial charge in [-0.25, -0.2) is 4.99 Å². The molecule has 7 heteroatoms. The average molecular weight is 419 g/mol. The van der Waals surface area contributed by atoms with Crippen LogP contribution >= 0.6 is 0 Å². The molecule has 0 aliphatic heterocycles. The number of benzene rings is 2. The van der Waals surface area contributed by atoms with E-state index < -0.39 is 0 Å². The van der Waals surface area contributed by atoms with Crippen LogP contribution < -0.4 is 16.0 Å². The molecule has 7 nitrogen and oxygen atoms in total. The highest BCUT2D eigenvalue weighted by Crippen LogP contribution is 2.11. The molecule has 1 amide bonds. The van der Waals surface area contributed by atoms with E-state index in [0.29, 0.717) is 25.6 Å². The first-order valence-electron chi connectivity index (χ1n) is 10.6. The van der Waals surface area contributed by atoms with Gasteiger partial charge in [0.15, 0.2) is 5.96 Å². The van der Waals surface area contributed by atoms with Gasteiger partial charge in [-0.1, -0.05) is 54.6 Å². The van der Waals surface area contributed by atoms with Gasteiger partial charge in [-0.05, 0) is 36.1 Å². The topological polar surface area (TPSA) is 83.3 Å². The second-order valence-electron chi connectivity index (χ2n) is 7.11. The standard InChI is InChI=1S/C24H30N6O/c1-2-25-24(28-18-23(31)26-15-13-20-9-4-3-5-10-20)27-17-21-11-6-7-12-22(21)19-30-16-8-14-29-30/h3-12,14,16H,2,13,15,17-19H2,1H3,(H,26,31)(H2,25,27,28). The number of carbonyl (C=O) groups is 1. The van der Waals surface area contributed by atoms with Gasteiger partial charge in [0.2, 0.25) is 5.91 Å². The Morgan fingerprint density at radius 2 is 1.74 bits per heavy atom. The summed E-state index contributed by atoms with van der Waals surface area (Å²) in [6, 6.07) is 20.2. The van der Waals surface area contributed by atoms with Crippen molar-refractivity contribution in [2.45, 2.75) is 26.4 Å². The zero-order valence-electron chi connectivity index (χ0n) is 17.9. The van der Waals surface area contributed by atoms with Gasteiger partial charge in [0.05, 0.1) is 19.6 Å². The average Bonchev–Trinajstić information content (AvgIpc) is 3.30. The Hall–Kier alpha value is -3.61. The largest absolute Gasteiger partial charge is 0.357 e. The Bertz CT molecular complexity index is 953. The minimum Gasteiger partial charge on any atom is -0.357 e. The Kier molecular flexibility index (Phi) is 8.67. The Labute approximate surface area is 183 Å². The van der Waals surface area contributed by atoms with E-state index in [1.807, 2.05) is 54.2 Å². The van der Waals surface area contributed by atoms with Crippen LogP contribution in [0.3, 0.4) is 0 Å². The number of hydrogen-bond donors (Lipinski definition) is 3. The van der Waals surface area contributed by atoms with E-state index in [9.17, 15) is 4.79 Å². The number of guanidine groups is 1. The molecular formula is C24H30N6O. The van der Waals surface area contributed by atoms with Crippen molar-refractivity contribution < 1.29 is 4.79 Å².